The summed E-state index contributed by atoms with van der Waals surface area (Å²) in [5.74, 6) is 0. The van der Waals surface area contributed by atoms with Crippen LogP contribution in [0.2, 0.25) is 0 Å². The first kappa shape index (κ1) is 14.0. The van der Waals surface area contributed by atoms with Crippen LogP contribution in [-0.4, -0.2) is 30.1 Å². The lowest BCUT2D eigenvalue weighted by molar-refractivity contribution is 0.105. The molecule has 1 N–H and O–H groups in total. The Morgan fingerprint density at radius 3 is 2.94 bits per heavy atom. The SMILES string of the molecule is CCC1(C)CN(C(C)c2cccc(Br)c2)CCN1. The zero-order valence-electron chi connectivity index (χ0n) is 11.5. The predicted octanol–water partition coefficient (Wildman–Crippen LogP) is 3.58. The van der Waals surface area contributed by atoms with Crippen LogP contribution in [-0.2, 0) is 0 Å². The van der Waals surface area contributed by atoms with Gasteiger partial charge in [-0.15, -0.1) is 0 Å². The summed E-state index contributed by atoms with van der Waals surface area (Å²) in [5.41, 5.74) is 1.66. The van der Waals surface area contributed by atoms with E-state index in [0.29, 0.717) is 6.04 Å². The number of piperazine rings is 1. The molecule has 2 rings (SSSR count). The topological polar surface area (TPSA) is 15.3 Å². The summed E-state index contributed by atoms with van der Waals surface area (Å²) in [4.78, 5) is 2.59. The van der Waals surface area contributed by atoms with Crippen LogP contribution in [0, 0.1) is 0 Å². The van der Waals surface area contributed by atoms with Gasteiger partial charge in [-0.05, 0) is 38.0 Å². The second-order valence-electron chi connectivity index (χ2n) is 5.54. The maximum atomic E-state index is 3.64. The summed E-state index contributed by atoms with van der Waals surface area (Å²) in [5, 5.41) is 3.64. The predicted molar refractivity (Wildman–Crippen MR) is 80.8 cm³/mol. The van der Waals surface area contributed by atoms with Gasteiger partial charge in [0.2, 0.25) is 0 Å². The minimum Gasteiger partial charge on any atom is -0.309 e. The zero-order valence-corrected chi connectivity index (χ0v) is 13.1. The molecule has 1 aliphatic heterocycles. The van der Waals surface area contributed by atoms with E-state index in [4.69, 9.17) is 0 Å². The zero-order chi connectivity index (χ0) is 13.2. The number of benzene rings is 1. The summed E-state index contributed by atoms with van der Waals surface area (Å²) in [7, 11) is 0. The van der Waals surface area contributed by atoms with Gasteiger partial charge in [0.05, 0.1) is 0 Å². The molecule has 0 amide bonds. The van der Waals surface area contributed by atoms with Gasteiger partial charge in [0, 0.05) is 35.7 Å². The van der Waals surface area contributed by atoms with Gasteiger partial charge < -0.3 is 5.32 Å². The molecule has 1 aromatic carbocycles. The monoisotopic (exact) mass is 310 g/mol. The Bertz CT molecular complexity index is 407. The largest absolute Gasteiger partial charge is 0.309 e. The van der Waals surface area contributed by atoms with Crippen molar-refractivity contribution in [1.29, 1.82) is 0 Å². The van der Waals surface area contributed by atoms with Crippen molar-refractivity contribution >= 4 is 15.9 Å². The van der Waals surface area contributed by atoms with E-state index in [9.17, 15) is 0 Å². The van der Waals surface area contributed by atoms with E-state index in [1.54, 1.807) is 0 Å². The quantitative estimate of drug-likeness (QED) is 0.918. The molecule has 18 heavy (non-hydrogen) atoms. The van der Waals surface area contributed by atoms with Gasteiger partial charge in [0.15, 0.2) is 0 Å². The van der Waals surface area contributed by atoms with E-state index in [0.717, 1.165) is 19.6 Å². The van der Waals surface area contributed by atoms with Gasteiger partial charge >= 0.3 is 0 Å². The van der Waals surface area contributed by atoms with Gasteiger partial charge in [0.25, 0.3) is 0 Å². The maximum absolute atomic E-state index is 3.64. The summed E-state index contributed by atoms with van der Waals surface area (Å²) < 4.78 is 1.17. The second-order valence-corrected chi connectivity index (χ2v) is 6.46. The number of hydrogen-bond acceptors (Lipinski definition) is 2. The molecule has 1 heterocycles. The van der Waals surface area contributed by atoms with E-state index in [1.165, 1.54) is 16.5 Å². The summed E-state index contributed by atoms with van der Waals surface area (Å²) >= 11 is 3.56. The third-order valence-electron chi connectivity index (χ3n) is 4.16. The van der Waals surface area contributed by atoms with Crippen molar-refractivity contribution in [3.8, 4) is 0 Å². The number of halogens is 1. The van der Waals surface area contributed by atoms with Crippen LogP contribution in [0.15, 0.2) is 28.7 Å². The molecule has 2 atom stereocenters. The van der Waals surface area contributed by atoms with Crippen molar-refractivity contribution in [3.05, 3.63) is 34.3 Å². The Labute approximate surface area is 119 Å². The Balaban J connectivity index is 2.11. The van der Waals surface area contributed by atoms with Gasteiger partial charge in [0.1, 0.15) is 0 Å². The molecule has 3 heteroatoms. The minimum atomic E-state index is 0.262. The van der Waals surface area contributed by atoms with Crippen molar-refractivity contribution in [1.82, 2.24) is 10.2 Å². The fourth-order valence-electron chi connectivity index (χ4n) is 2.63. The molecule has 2 unspecified atom stereocenters. The number of rotatable bonds is 3. The summed E-state index contributed by atoms with van der Waals surface area (Å²) in [6.07, 6.45) is 1.18. The van der Waals surface area contributed by atoms with Crippen LogP contribution >= 0.6 is 15.9 Å². The first-order valence-electron chi connectivity index (χ1n) is 6.78. The molecule has 100 valence electrons. The number of hydrogen-bond donors (Lipinski definition) is 1. The maximum Gasteiger partial charge on any atom is 0.0321 e. The number of nitrogens with one attached hydrogen (secondary N) is 1. The highest BCUT2D eigenvalue weighted by molar-refractivity contribution is 9.10. The highest BCUT2D eigenvalue weighted by atomic mass is 79.9. The highest BCUT2D eigenvalue weighted by Gasteiger charge is 2.31. The molecule has 1 saturated heterocycles. The molecule has 0 aliphatic carbocycles. The van der Waals surface area contributed by atoms with Gasteiger partial charge in [-0.3, -0.25) is 4.90 Å². The summed E-state index contributed by atoms with van der Waals surface area (Å²) in [6, 6.07) is 9.15. The molecular weight excluding hydrogens is 288 g/mol. The van der Waals surface area contributed by atoms with Crippen molar-refractivity contribution < 1.29 is 0 Å². The van der Waals surface area contributed by atoms with Crippen LogP contribution in [0.1, 0.15) is 38.8 Å². The first-order valence-corrected chi connectivity index (χ1v) is 7.58. The Morgan fingerprint density at radius 1 is 1.50 bits per heavy atom. The Morgan fingerprint density at radius 2 is 2.28 bits per heavy atom. The van der Waals surface area contributed by atoms with Crippen molar-refractivity contribution in [2.45, 2.75) is 38.8 Å². The van der Waals surface area contributed by atoms with Crippen molar-refractivity contribution in [2.24, 2.45) is 0 Å². The highest BCUT2D eigenvalue weighted by Crippen LogP contribution is 2.26. The van der Waals surface area contributed by atoms with E-state index in [1.807, 2.05) is 0 Å². The van der Waals surface area contributed by atoms with Crippen LogP contribution in [0.5, 0.6) is 0 Å². The molecular formula is C15H23BrN2. The third-order valence-corrected chi connectivity index (χ3v) is 4.66. The molecule has 0 radical (unpaired) electrons. The van der Waals surface area contributed by atoms with Gasteiger partial charge in [-0.2, -0.15) is 0 Å². The van der Waals surface area contributed by atoms with E-state index in [2.05, 4.69) is 71.2 Å². The van der Waals surface area contributed by atoms with Crippen LogP contribution < -0.4 is 5.32 Å². The summed E-state index contributed by atoms with van der Waals surface area (Å²) in [6.45, 7) is 10.2. The lowest BCUT2D eigenvalue weighted by Crippen LogP contribution is -2.58. The van der Waals surface area contributed by atoms with Crippen LogP contribution in [0.3, 0.4) is 0 Å². The molecule has 1 aliphatic rings. The second kappa shape index (κ2) is 5.72. The van der Waals surface area contributed by atoms with E-state index >= 15 is 0 Å². The molecule has 1 aromatic rings. The lowest BCUT2D eigenvalue weighted by atomic mass is 9.94. The van der Waals surface area contributed by atoms with Gasteiger partial charge in [-0.25, -0.2) is 0 Å². The Kier molecular flexibility index (Phi) is 4.46. The normalized spacial score (nSPS) is 27.1. The first-order chi connectivity index (χ1) is 8.54. The molecule has 0 bridgehead atoms. The van der Waals surface area contributed by atoms with E-state index in [-0.39, 0.29) is 5.54 Å². The molecule has 0 spiro atoms. The third kappa shape index (κ3) is 3.14. The molecule has 1 fully saturated rings. The van der Waals surface area contributed by atoms with Crippen LogP contribution in [0.4, 0.5) is 0 Å². The van der Waals surface area contributed by atoms with Gasteiger partial charge in [-0.1, -0.05) is 35.0 Å². The smallest absolute Gasteiger partial charge is 0.0321 e. The average molecular weight is 311 g/mol. The fourth-order valence-corrected chi connectivity index (χ4v) is 3.05. The molecule has 2 nitrogen and oxygen atoms in total. The van der Waals surface area contributed by atoms with Crippen molar-refractivity contribution in [2.75, 3.05) is 19.6 Å². The fraction of sp³-hybridized carbons (Fsp3) is 0.600. The number of nitrogens with zero attached hydrogens (tertiary/aromatic N) is 1. The van der Waals surface area contributed by atoms with Crippen molar-refractivity contribution in [3.63, 3.8) is 0 Å². The average Bonchev–Trinajstić information content (AvgIpc) is 2.38. The standard InChI is InChI=1S/C15H23BrN2/c1-4-15(3)11-18(9-8-17-15)12(2)13-6-5-7-14(16)10-13/h5-7,10,12,17H,4,8-9,11H2,1-3H3. The van der Waals surface area contributed by atoms with E-state index < -0.39 is 0 Å². The molecule has 0 saturated carbocycles. The Hall–Kier alpha value is -0.380. The molecule has 0 aromatic heterocycles. The minimum absolute atomic E-state index is 0.262. The lowest BCUT2D eigenvalue weighted by Gasteiger charge is -2.43. The van der Waals surface area contributed by atoms with Crippen LogP contribution in [0.25, 0.3) is 0 Å².